The van der Waals surface area contributed by atoms with Crippen molar-refractivity contribution in [1.82, 2.24) is 0 Å². The minimum absolute atomic E-state index is 0. The van der Waals surface area contributed by atoms with E-state index >= 15 is 0 Å². The molecule has 0 aliphatic rings. The Balaban J connectivity index is 0.00000196. The van der Waals surface area contributed by atoms with Crippen molar-refractivity contribution in [1.29, 1.82) is 0 Å². The Morgan fingerprint density at radius 1 is 1.13 bits per heavy atom. The lowest BCUT2D eigenvalue weighted by molar-refractivity contribution is -0.149. The minimum Gasteiger partial charge on any atom is -0.316 e. The molecule has 2 N–H and O–H groups in total. The third-order valence-corrected chi connectivity index (χ3v) is 2.32. The van der Waals surface area contributed by atoms with E-state index in [-0.39, 0.29) is 28.0 Å². The molecule has 0 spiro atoms. The highest BCUT2D eigenvalue weighted by molar-refractivity contribution is 6.36. The number of nitrogens with two attached hydrogens (primary N) is 1. The highest BCUT2D eigenvalue weighted by atomic mass is 35.5. The van der Waals surface area contributed by atoms with Crippen LogP contribution < -0.4 is 5.73 Å². The van der Waals surface area contributed by atoms with Gasteiger partial charge in [-0.25, -0.2) is 0 Å². The van der Waals surface area contributed by atoms with E-state index in [9.17, 15) is 13.2 Å². The number of rotatable bonds is 1. The first-order valence-corrected chi connectivity index (χ1v) is 4.36. The van der Waals surface area contributed by atoms with Crippen molar-refractivity contribution in [2.45, 2.75) is 12.2 Å². The normalized spacial score (nSPS) is 13.2. The van der Waals surface area contributed by atoms with Gasteiger partial charge in [0.1, 0.15) is 6.04 Å². The van der Waals surface area contributed by atoms with E-state index < -0.39 is 12.2 Å². The van der Waals surface area contributed by atoms with Gasteiger partial charge in [0.25, 0.3) is 0 Å². The fraction of sp³-hybridized carbons (Fsp3) is 0.250. The molecule has 0 aliphatic heterocycles. The molecule has 1 atom stereocenters. The molecule has 15 heavy (non-hydrogen) atoms. The molecule has 0 radical (unpaired) electrons. The molecule has 0 aliphatic carbocycles. The summed E-state index contributed by atoms with van der Waals surface area (Å²) in [5.74, 6) is 0. The van der Waals surface area contributed by atoms with Crippen LogP contribution in [0.15, 0.2) is 18.2 Å². The first kappa shape index (κ1) is 14.8. The van der Waals surface area contributed by atoms with Crippen LogP contribution in [0.4, 0.5) is 13.2 Å². The van der Waals surface area contributed by atoms with Crippen molar-refractivity contribution in [2.24, 2.45) is 5.73 Å². The van der Waals surface area contributed by atoms with Gasteiger partial charge in [-0.1, -0.05) is 29.3 Å². The minimum atomic E-state index is -4.55. The van der Waals surface area contributed by atoms with Crippen molar-refractivity contribution in [3.8, 4) is 0 Å². The van der Waals surface area contributed by atoms with Crippen LogP contribution >= 0.6 is 35.6 Å². The Morgan fingerprint density at radius 3 is 1.87 bits per heavy atom. The molecular weight excluding hydrogens is 273 g/mol. The van der Waals surface area contributed by atoms with Gasteiger partial charge in [0.2, 0.25) is 0 Å². The third kappa shape index (κ3) is 3.41. The zero-order valence-electron chi connectivity index (χ0n) is 7.18. The lowest BCUT2D eigenvalue weighted by Gasteiger charge is -2.18. The maximum Gasteiger partial charge on any atom is 0.407 e. The van der Waals surface area contributed by atoms with Crippen LogP contribution in [0.3, 0.4) is 0 Å². The number of halogens is 6. The maximum atomic E-state index is 12.3. The molecule has 0 saturated carbocycles. The Bertz CT molecular complexity index is 320. The molecule has 7 heteroatoms. The molecule has 0 heterocycles. The van der Waals surface area contributed by atoms with Crippen LogP contribution in [0.1, 0.15) is 11.6 Å². The molecule has 0 aromatic heterocycles. The lowest BCUT2D eigenvalue weighted by atomic mass is 10.1. The second-order valence-electron chi connectivity index (χ2n) is 2.65. The van der Waals surface area contributed by atoms with Gasteiger partial charge in [-0.2, -0.15) is 13.2 Å². The molecule has 1 aromatic rings. The summed E-state index contributed by atoms with van der Waals surface area (Å²) >= 11 is 11.1. The van der Waals surface area contributed by atoms with E-state index in [0.29, 0.717) is 0 Å². The van der Waals surface area contributed by atoms with Crippen LogP contribution in [-0.2, 0) is 0 Å². The molecule has 0 saturated heterocycles. The van der Waals surface area contributed by atoms with Gasteiger partial charge in [-0.3, -0.25) is 0 Å². The van der Waals surface area contributed by atoms with Crippen molar-refractivity contribution in [3.05, 3.63) is 33.8 Å². The SMILES string of the molecule is Cl.N[C@H](c1c(Cl)cccc1Cl)C(F)(F)F. The number of hydrogen-bond acceptors (Lipinski definition) is 1. The van der Waals surface area contributed by atoms with Gasteiger partial charge < -0.3 is 5.73 Å². The predicted molar refractivity (Wildman–Crippen MR) is 56.7 cm³/mol. The summed E-state index contributed by atoms with van der Waals surface area (Å²) in [4.78, 5) is 0. The summed E-state index contributed by atoms with van der Waals surface area (Å²) in [5.41, 5.74) is 4.69. The third-order valence-electron chi connectivity index (χ3n) is 1.66. The predicted octanol–water partition coefficient (Wildman–Crippen LogP) is 3.98. The number of alkyl halides is 3. The first-order valence-electron chi connectivity index (χ1n) is 3.60. The van der Waals surface area contributed by atoms with E-state index in [1.54, 1.807) is 0 Å². The molecule has 0 bridgehead atoms. The zero-order chi connectivity index (χ0) is 10.9. The van der Waals surface area contributed by atoms with Gasteiger partial charge in [-0.15, -0.1) is 12.4 Å². The average Bonchev–Trinajstić information content (AvgIpc) is 2.01. The fourth-order valence-electron chi connectivity index (χ4n) is 0.971. The molecule has 1 nitrogen and oxygen atoms in total. The summed E-state index contributed by atoms with van der Waals surface area (Å²) in [6, 6.07) is 1.93. The second-order valence-corrected chi connectivity index (χ2v) is 3.47. The van der Waals surface area contributed by atoms with Crippen LogP contribution in [0.25, 0.3) is 0 Å². The standard InChI is InChI=1S/C8H6Cl2F3N.ClH/c9-4-2-1-3-5(10)6(4)7(14)8(11,12)13;/h1-3,7H,14H2;1H/t7-;/m1./s1. The fourth-order valence-corrected chi connectivity index (χ4v) is 1.60. The van der Waals surface area contributed by atoms with E-state index in [1.165, 1.54) is 18.2 Å². The summed E-state index contributed by atoms with van der Waals surface area (Å²) in [6.45, 7) is 0. The number of benzene rings is 1. The molecular formula is C8H7Cl3F3N. The summed E-state index contributed by atoms with van der Waals surface area (Å²) in [7, 11) is 0. The highest BCUT2D eigenvalue weighted by Crippen LogP contribution is 2.37. The first-order chi connectivity index (χ1) is 6.34. The largest absolute Gasteiger partial charge is 0.407 e. The Morgan fingerprint density at radius 2 is 1.53 bits per heavy atom. The Labute approximate surface area is 101 Å². The van der Waals surface area contributed by atoms with Gasteiger partial charge in [-0.05, 0) is 12.1 Å². The maximum absolute atomic E-state index is 12.3. The van der Waals surface area contributed by atoms with Crippen molar-refractivity contribution in [3.63, 3.8) is 0 Å². The molecule has 86 valence electrons. The molecule has 0 fully saturated rings. The molecule has 0 amide bonds. The Kier molecular flexibility index (Phi) is 5.20. The van der Waals surface area contributed by atoms with E-state index in [2.05, 4.69) is 0 Å². The summed E-state index contributed by atoms with van der Waals surface area (Å²) in [6.07, 6.45) is -4.55. The van der Waals surface area contributed by atoms with E-state index in [0.717, 1.165) is 0 Å². The van der Waals surface area contributed by atoms with Crippen molar-refractivity contribution >= 4 is 35.6 Å². The van der Waals surface area contributed by atoms with E-state index in [1.807, 2.05) is 0 Å². The summed E-state index contributed by atoms with van der Waals surface area (Å²) < 4.78 is 36.8. The van der Waals surface area contributed by atoms with Crippen molar-refractivity contribution in [2.75, 3.05) is 0 Å². The zero-order valence-corrected chi connectivity index (χ0v) is 9.51. The van der Waals surface area contributed by atoms with Gasteiger partial charge in [0, 0.05) is 15.6 Å². The van der Waals surface area contributed by atoms with Gasteiger partial charge in [0.15, 0.2) is 0 Å². The molecule has 1 rings (SSSR count). The lowest BCUT2D eigenvalue weighted by Crippen LogP contribution is -2.29. The molecule has 0 unspecified atom stereocenters. The topological polar surface area (TPSA) is 26.0 Å². The van der Waals surface area contributed by atoms with Gasteiger partial charge >= 0.3 is 6.18 Å². The van der Waals surface area contributed by atoms with Crippen LogP contribution in [0.2, 0.25) is 10.0 Å². The summed E-state index contributed by atoms with van der Waals surface area (Å²) in [5, 5.41) is -0.162. The Hall–Kier alpha value is -0.160. The van der Waals surface area contributed by atoms with Crippen LogP contribution in [0.5, 0.6) is 0 Å². The smallest absolute Gasteiger partial charge is 0.316 e. The van der Waals surface area contributed by atoms with Crippen molar-refractivity contribution < 1.29 is 13.2 Å². The number of hydrogen-bond donors (Lipinski definition) is 1. The quantitative estimate of drug-likeness (QED) is 0.827. The van der Waals surface area contributed by atoms with Crippen LogP contribution in [-0.4, -0.2) is 6.18 Å². The average molecular weight is 281 g/mol. The monoisotopic (exact) mass is 279 g/mol. The molecule has 1 aromatic carbocycles. The van der Waals surface area contributed by atoms with Crippen LogP contribution in [0, 0.1) is 0 Å². The van der Waals surface area contributed by atoms with E-state index in [4.69, 9.17) is 28.9 Å². The van der Waals surface area contributed by atoms with Gasteiger partial charge in [0.05, 0.1) is 0 Å². The second kappa shape index (κ2) is 5.25. The highest BCUT2D eigenvalue weighted by Gasteiger charge is 2.39.